The third-order valence-electron chi connectivity index (χ3n) is 4.34. The number of likely N-dealkylation sites (tertiary alicyclic amines) is 1. The number of furan rings is 1. The lowest BCUT2D eigenvalue weighted by Crippen LogP contribution is -2.33. The van der Waals surface area contributed by atoms with Gasteiger partial charge in [0.05, 0.1) is 18.6 Å². The zero-order valence-electron chi connectivity index (χ0n) is 14.6. The van der Waals surface area contributed by atoms with E-state index in [1.807, 2.05) is 41.0 Å². The molecule has 1 aliphatic rings. The average Bonchev–Trinajstić information content (AvgIpc) is 3.42. The van der Waals surface area contributed by atoms with Crippen LogP contribution in [0.4, 0.5) is 0 Å². The van der Waals surface area contributed by atoms with E-state index in [1.165, 1.54) is 16.7 Å². The van der Waals surface area contributed by atoms with Gasteiger partial charge < -0.3 is 4.42 Å². The fraction of sp³-hybridized carbons (Fsp3) is 0.263. The van der Waals surface area contributed by atoms with Crippen molar-refractivity contribution < 1.29 is 14.0 Å². The van der Waals surface area contributed by atoms with Crippen LogP contribution in [0.25, 0.3) is 11.6 Å². The van der Waals surface area contributed by atoms with E-state index in [-0.39, 0.29) is 17.6 Å². The SMILES string of the molecule is O=C1CCCN1C(=O)CSc1nnc(-c2ccco2)n1Cc1ccccc1. The topological polar surface area (TPSA) is 81.2 Å². The number of nitrogens with zero attached hydrogens (tertiary/aromatic N) is 4. The van der Waals surface area contributed by atoms with Crippen molar-refractivity contribution in [1.82, 2.24) is 19.7 Å². The number of carbonyl (C=O) groups is 2. The highest BCUT2D eigenvalue weighted by atomic mass is 32.2. The molecule has 2 amide bonds. The van der Waals surface area contributed by atoms with Gasteiger partial charge in [0.1, 0.15) is 0 Å². The molecule has 1 aliphatic heterocycles. The normalized spacial score (nSPS) is 14.1. The van der Waals surface area contributed by atoms with Crippen molar-refractivity contribution in [1.29, 1.82) is 0 Å². The Labute approximate surface area is 160 Å². The zero-order chi connectivity index (χ0) is 18.6. The Morgan fingerprint density at radius 3 is 2.70 bits per heavy atom. The maximum absolute atomic E-state index is 12.3. The summed E-state index contributed by atoms with van der Waals surface area (Å²) in [5.41, 5.74) is 1.09. The van der Waals surface area contributed by atoms with Gasteiger partial charge in [0.15, 0.2) is 10.9 Å². The number of amides is 2. The van der Waals surface area contributed by atoms with E-state index in [0.29, 0.717) is 36.3 Å². The van der Waals surface area contributed by atoms with Gasteiger partial charge in [-0.25, -0.2) is 0 Å². The quantitative estimate of drug-likeness (QED) is 0.610. The van der Waals surface area contributed by atoms with Gasteiger partial charge in [0, 0.05) is 13.0 Å². The van der Waals surface area contributed by atoms with Crippen LogP contribution in [-0.2, 0) is 16.1 Å². The largest absolute Gasteiger partial charge is 0.461 e. The van der Waals surface area contributed by atoms with E-state index in [1.54, 1.807) is 12.3 Å². The molecule has 27 heavy (non-hydrogen) atoms. The summed E-state index contributed by atoms with van der Waals surface area (Å²) < 4.78 is 7.41. The number of imide groups is 1. The summed E-state index contributed by atoms with van der Waals surface area (Å²) in [5.74, 6) is 1.10. The summed E-state index contributed by atoms with van der Waals surface area (Å²) in [4.78, 5) is 25.4. The Morgan fingerprint density at radius 2 is 2.00 bits per heavy atom. The van der Waals surface area contributed by atoms with Gasteiger partial charge in [-0.1, -0.05) is 42.1 Å². The summed E-state index contributed by atoms with van der Waals surface area (Å²) in [7, 11) is 0. The maximum Gasteiger partial charge on any atom is 0.239 e. The van der Waals surface area contributed by atoms with Crippen molar-refractivity contribution >= 4 is 23.6 Å². The van der Waals surface area contributed by atoms with Gasteiger partial charge in [0.2, 0.25) is 17.6 Å². The van der Waals surface area contributed by atoms with E-state index in [2.05, 4.69) is 10.2 Å². The first-order chi connectivity index (χ1) is 13.2. The molecule has 0 aliphatic carbocycles. The van der Waals surface area contributed by atoms with Crippen molar-refractivity contribution in [3.63, 3.8) is 0 Å². The van der Waals surface area contributed by atoms with Crippen LogP contribution in [0.2, 0.25) is 0 Å². The fourth-order valence-electron chi connectivity index (χ4n) is 3.01. The van der Waals surface area contributed by atoms with Gasteiger partial charge in [-0.2, -0.15) is 0 Å². The molecule has 8 heteroatoms. The molecule has 0 radical (unpaired) electrons. The van der Waals surface area contributed by atoms with Crippen LogP contribution in [0.15, 0.2) is 58.3 Å². The number of hydrogen-bond acceptors (Lipinski definition) is 6. The van der Waals surface area contributed by atoms with E-state index in [4.69, 9.17) is 4.42 Å². The number of carbonyl (C=O) groups excluding carboxylic acids is 2. The molecule has 0 spiro atoms. The minimum Gasteiger partial charge on any atom is -0.461 e. The van der Waals surface area contributed by atoms with E-state index in [9.17, 15) is 9.59 Å². The van der Waals surface area contributed by atoms with Crippen molar-refractivity contribution in [3.8, 4) is 11.6 Å². The lowest BCUT2D eigenvalue weighted by atomic mass is 10.2. The van der Waals surface area contributed by atoms with E-state index in [0.717, 1.165) is 12.0 Å². The highest BCUT2D eigenvalue weighted by Crippen LogP contribution is 2.26. The predicted molar refractivity (Wildman–Crippen MR) is 99.9 cm³/mol. The minimum absolute atomic E-state index is 0.0948. The van der Waals surface area contributed by atoms with Crippen molar-refractivity contribution in [3.05, 3.63) is 54.3 Å². The summed E-state index contributed by atoms with van der Waals surface area (Å²) in [6.07, 6.45) is 2.78. The molecular formula is C19H18N4O3S. The first kappa shape index (κ1) is 17.5. The summed E-state index contributed by atoms with van der Waals surface area (Å²) >= 11 is 1.29. The molecule has 0 N–H and O–H groups in total. The molecule has 0 bridgehead atoms. The van der Waals surface area contributed by atoms with Crippen LogP contribution >= 0.6 is 11.8 Å². The lowest BCUT2D eigenvalue weighted by Gasteiger charge is -2.13. The predicted octanol–water partition coefficient (Wildman–Crippen LogP) is 2.83. The van der Waals surface area contributed by atoms with Gasteiger partial charge >= 0.3 is 0 Å². The van der Waals surface area contributed by atoms with E-state index >= 15 is 0 Å². The van der Waals surface area contributed by atoms with Gasteiger partial charge in [-0.05, 0) is 24.1 Å². The second-order valence-corrected chi connectivity index (χ2v) is 7.13. The molecular weight excluding hydrogens is 364 g/mol. The number of rotatable bonds is 6. The Morgan fingerprint density at radius 1 is 1.15 bits per heavy atom. The fourth-order valence-corrected chi connectivity index (χ4v) is 3.82. The second-order valence-electron chi connectivity index (χ2n) is 6.19. The number of thioether (sulfide) groups is 1. The molecule has 0 unspecified atom stereocenters. The molecule has 1 saturated heterocycles. The molecule has 4 rings (SSSR count). The molecule has 0 atom stereocenters. The van der Waals surface area contributed by atoms with Crippen LogP contribution in [0, 0.1) is 0 Å². The average molecular weight is 382 g/mol. The number of hydrogen-bond donors (Lipinski definition) is 0. The Bertz CT molecular complexity index is 937. The lowest BCUT2D eigenvalue weighted by molar-refractivity contribution is -0.140. The van der Waals surface area contributed by atoms with Gasteiger partial charge in [-0.15, -0.1) is 10.2 Å². The Kier molecular flexibility index (Phi) is 5.06. The molecule has 2 aromatic heterocycles. The van der Waals surface area contributed by atoms with Crippen LogP contribution in [-0.4, -0.2) is 43.8 Å². The zero-order valence-corrected chi connectivity index (χ0v) is 15.4. The summed E-state index contributed by atoms with van der Waals surface area (Å²) in [6, 6.07) is 13.6. The molecule has 138 valence electrons. The summed E-state index contributed by atoms with van der Waals surface area (Å²) in [6.45, 7) is 1.07. The van der Waals surface area contributed by atoms with Gasteiger partial charge in [0.25, 0.3) is 0 Å². The van der Waals surface area contributed by atoms with Crippen molar-refractivity contribution in [2.24, 2.45) is 0 Å². The first-order valence-electron chi connectivity index (χ1n) is 8.69. The molecule has 1 aromatic carbocycles. The Hall–Kier alpha value is -2.87. The molecule has 7 nitrogen and oxygen atoms in total. The third kappa shape index (κ3) is 3.80. The Balaban J connectivity index is 1.56. The minimum atomic E-state index is -0.184. The first-order valence-corrected chi connectivity index (χ1v) is 9.68. The van der Waals surface area contributed by atoms with Crippen LogP contribution in [0.1, 0.15) is 18.4 Å². The maximum atomic E-state index is 12.3. The third-order valence-corrected chi connectivity index (χ3v) is 5.29. The smallest absolute Gasteiger partial charge is 0.239 e. The number of aromatic nitrogens is 3. The van der Waals surface area contributed by atoms with Crippen LogP contribution < -0.4 is 0 Å². The molecule has 3 heterocycles. The van der Waals surface area contributed by atoms with Crippen molar-refractivity contribution in [2.45, 2.75) is 24.5 Å². The second kappa shape index (κ2) is 7.79. The molecule has 0 saturated carbocycles. The van der Waals surface area contributed by atoms with Gasteiger partial charge in [-0.3, -0.25) is 19.1 Å². The van der Waals surface area contributed by atoms with Crippen molar-refractivity contribution in [2.75, 3.05) is 12.3 Å². The summed E-state index contributed by atoms with van der Waals surface area (Å²) in [5, 5.41) is 9.11. The van der Waals surface area contributed by atoms with Crippen LogP contribution in [0.5, 0.6) is 0 Å². The molecule has 1 fully saturated rings. The highest BCUT2D eigenvalue weighted by Gasteiger charge is 2.27. The molecule has 3 aromatic rings. The standard InChI is InChI=1S/C19H18N4O3S/c24-16-9-4-10-22(16)17(25)13-27-19-21-20-18(15-8-5-11-26-15)23(19)12-14-6-2-1-3-7-14/h1-3,5-8,11H,4,9-10,12-13H2. The van der Waals surface area contributed by atoms with Crippen LogP contribution in [0.3, 0.4) is 0 Å². The number of benzene rings is 1. The highest BCUT2D eigenvalue weighted by molar-refractivity contribution is 7.99. The monoisotopic (exact) mass is 382 g/mol. The van der Waals surface area contributed by atoms with E-state index < -0.39 is 0 Å².